The molecule has 2 N–H and O–H groups in total. The number of hydroxylamine groups is 1. The van der Waals surface area contributed by atoms with Gasteiger partial charge in [-0.15, -0.1) is 0 Å². The van der Waals surface area contributed by atoms with E-state index in [9.17, 15) is 4.79 Å². The lowest BCUT2D eigenvalue weighted by molar-refractivity contribution is -0.134. The average molecular weight is 256 g/mol. The number of halogens is 1. The van der Waals surface area contributed by atoms with Crippen molar-refractivity contribution < 1.29 is 14.7 Å². The van der Waals surface area contributed by atoms with E-state index in [-0.39, 0.29) is 5.70 Å². The molecular weight excluding hydrogens is 242 g/mol. The molecule has 0 saturated carbocycles. The highest BCUT2D eigenvalue weighted by molar-refractivity contribution is 6.30. The smallest absolute Gasteiger partial charge is 0.353 e. The molecule has 0 fully saturated rings. The Bertz CT molecular complexity index is 389. The highest BCUT2D eigenvalue weighted by Gasteiger charge is 2.01. The Morgan fingerprint density at radius 3 is 2.65 bits per heavy atom. The number of carbonyl (C=O) groups is 1. The van der Waals surface area contributed by atoms with Gasteiger partial charge in [-0.25, -0.2) is 4.79 Å². The second-order valence-corrected chi connectivity index (χ2v) is 3.90. The maximum Gasteiger partial charge on any atom is 0.353 e. The molecule has 0 bridgehead atoms. The van der Waals surface area contributed by atoms with Gasteiger partial charge in [0.25, 0.3) is 0 Å². The van der Waals surface area contributed by atoms with E-state index in [4.69, 9.17) is 21.5 Å². The van der Waals surface area contributed by atoms with E-state index in [1.165, 1.54) is 0 Å². The minimum atomic E-state index is -1.12. The molecule has 0 amide bonds. The average Bonchev–Trinajstić information content (AvgIpc) is 2.30. The number of aryl methyl sites for hydroxylation is 1. The number of nitrogens with one attached hydrogen (secondary N) is 1. The Hall–Kier alpha value is -1.52. The van der Waals surface area contributed by atoms with Gasteiger partial charge in [-0.2, -0.15) is 0 Å². The van der Waals surface area contributed by atoms with Crippen LogP contribution in [0.25, 0.3) is 0 Å². The van der Waals surface area contributed by atoms with Gasteiger partial charge >= 0.3 is 5.97 Å². The standard InChI is InChI=1S/C12H14ClNO3/c1-9(12(15)16)14-17-8-2-3-10-4-6-11(13)7-5-10/h4-7,14H,1-3,8H2,(H,15,16). The molecule has 5 heteroatoms. The Morgan fingerprint density at radius 1 is 1.41 bits per heavy atom. The van der Waals surface area contributed by atoms with Crippen LogP contribution in [0.5, 0.6) is 0 Å². The van der Waals surface area contributed by atoms with Gasteiger partial charge in [0.05, 0.1) is 6.61 Å². The SMILES string of the molecule is C=C(NOCCCc1ccc(Cl)cc1)C(=O)O. The number of hydrogen-bond donors (Lipinski definition) is 2. The molecule has 1 aromatic rings. The summed E-state index contributed by atoms with van der Waals surface area (Å²) in [6.07, 6.45) is 1.62. The molecule has 0 atom stereocenters. The Morgan fingerprint density at radius 2 is 2.06 bits per heavy atom. The van der Waals surface area contributed by atoms with Crippen LogP contribution in [-0.2, 0) is 16.1 Å². The van der Waals surface area contributed by atoms with Crippen molar-refractivity contribution in [3.05, 3.63) is 47.1 Å². The Labute approximate surface area is 105 Å². The van der Waals surface area contributed by atoms with E-state index in [1.54, 1.807) is 0 Å². The molecule has 0 saturated heterocycles. The number of hydrogen-bond acceptors (Lipinski definition) is 3. The molecule has 0 unspecified atom stereocenters. The largest absolute Gasteiger partial charge is 0.477 e. The quantitative estimate of drug-likeness (QED) is 0.446. The number of carboxylic acids is 1. The third-order valence-corrected chi connectivity index (χ3v) is 2.33. The van der Waals surface area contributed by atoms with Crippen LogP contribution in [0.3, 0.4) is 0 Å². The minimum Gasteiger partial charge on any atom is -0.477 e. The lowest BCUT2D eigenvalue weighted by Crippen LogP contribution is -2.20. The minimum absolute atomic E-state index is 0.170. The van der Waals surface area contributed by atoms with Crippen LogP contribution in [0.4, 0.5) is 0 Å². The predicted molar refractivity (Wildman–Crippen MR) is 65.6 cm³/mol. The summed E-state index contributed by atoms with van der Waals surface area (Å²) >= 11 is 5.76. The van der Waals surface area contributed by atoms with E-state index in [0.29, 0.717) is 11.6 Å². The van der Waals surface area contributed by atoms with Crippen LogP contribution >= 0.6 is 11.6 Å². The van der Waals surface area contributed by atoms with Crippen molar-refractivity contribution >= 4 is 17.6 Å². The van der Waals surface area contributed by atoms with Gasteiger partial charge in [-0.05, 0) is 30.5 Å². The van der Waals surface area contributed by atoms with Crippen molar-refractivity contribution in [2.24, 2.45) is 0 Å². The normalized spacial score (nSPS) is 9.94. The first-order valence-corrected chi connectivity index (χ1v) is 5.52. The van der Waals surface area contributed by atoms with E-state index in [1.807, 2.05) is 24.3 Å². The van der Waals surface area contributed by atoms with Crippen LogP contribution in [0, 0.1) is 0 Å². The monoisotopic (exact) mass is 255 g/mol. The van der Waals surface area contributed by atoms with E-state index in [2.05, 4.69) is 12.1 Å². The van der Waals surface area contributed by atoms with Gasteiger partial charge in [-0.1, -0.05) is 30.3 Å². The van der Waals surface area contributed by atoms with Crippen molar-refractivity contribution in [3.63, 3.8) is 0 Å². The van der Waals surface area contributed by atoms with Crippen molar-refractivity contribution in [1.82, 2.24) is 5.48 Å². The fraction of sp³-hybridized carbons (Fsp3) is 0.250. The van der Waals surface area contributed by atoms with Crippen LogP contribution in [-0.4, -0.2) is 17.7 Å². The zero-order valence-electron chi connectivity index (χ0n) is 9.28. The van der Waals surface area contributed by atoms with Gasteiger partial charge in [0.15, 0.2) is 0 Å². The van der Waals surface area contributed by atoms with Crippen molar-refractivity contribution in [1.29, 1.82) is 0 Å². The predicted octanol–water partition coefficient (Wildman–Crippen LogP) is 2.39. The highest BCUT2D eigenvalue weighted by atomic mass is 35.5. The zero-order valence-corrected chi connectivity index (χ0v) is 10.0. The van der Waals surface area contributed by atoms with Gasteiger partial charge in [-0.3, -0.25) is 10.3 Å². The van der Waals surface area contributed by atoms with Crippen LogP contribution in [0.15, 0.2) is 36.5 Å². The first kappa shape index (κ1) is 13.5. The highest BCUT2D eigenvalue weighted by Crippen LogP contribution is 2.10. The summed E-state index contributed by atoms with van der Waals surface area (Å²) in [6.45, 7) is 3.68. The third-order valence-electron chi connectivity index (χ3n) is 2.08. The summed E-state index contributed by atoms with van der Waals surface area (Å²) in [5.74, 6) is -1.12. The maximum atomic E-state index is 10.4. The zero-order chi connectivity index (χ0) is 12.7. The second kappa shape index (κ2) is 6.93. The summed E-state index contributed by atoms with van der Waals surface area (Å²) in [5, 5.41) is 9.20. The maximum absolute atomic E-state index is 10.4. The molecule has 1 rings (SSSR count). The molecule has 17 heavy (non-hydrogen) atoms. The molecule has 4 nitrogen and oxygen atoms in total. The summed E-state index contributed by atoms with van der Waals surface area (Å²) in [5.41, 5.74) is 3.25. The number of aliphatic carboxylic acids is 1. The molecule has 0 spiro atoms. The topological polar surface area (TPSA) is 58.6 Å². The summed E-state index contributed by atoms with van der Waals surface area (Å²) in [7, 11) is 0. The number of benzene rings is 1. The van der Waals surface area contributed by atoms with Crippen molar-refractivity contribution in [3.8, 4) is 0 Å². The molecule has 0 aliphatic rings. The molecule has 92 valence electrons. The Balaban J connectivity index is 2.14. The van der Waals surface area contributed by atoms with Crippen molar-refractivity contribution in [2.75, 3.05) is 6.61 Å². The van der Waals surface area contributed by atoms with Gasteiger partial charge in [0.1, 0.15) is 5.70 Å². The summed E-state index contributed by atoms with van der Waals surface area (Å²) in [4.78, 5) is 15.3. The molecule has 0 aliphatic heterocycles. The molecule has 0 heterocycles. The van der Waals surface area contributed by atoms with E-state index >= 15 is 0 Å². The van der Waals surface area contributed by atoms with E-state index < -0.39 is 5.97 Å². The number of rotatable bonds is 7. The van der Waals surface area contributed by atoms with Gasteiger partial charge in [0.2, 0.25) is 0 Å². The van der Waals surface area contributed by atoms with Crippen LogP contribution in [0.2, 0.25) is 5.02 Å². The van der Waals surface area contributed by atoms with Gasteiger partial charge in [0, 0.05) is 5.02 Å². The molecule has 0 aromatic heterocycles. The molecular formula is C12H14ClNO3. The Kier molecular flexibility index (Phi) is 5.52. The van der Waals surface area contributed by atoms with Crippen LogP contribution < -0.4 is 5.48 Å². The first-order valence-electron chi connectivity index (χ1n) is 5.14. The molecule has 0 radical (unpaired) electrons. The summed E-state index contributed by atoms with van der Waals surface area (Å²) in [6, 6.07) is 7.57. The summed E-state index contributed by atoms with van der Waals surface area (Å²) < 4.78 is 0. The van der Waals surface area contributed by atoms with Crippen molar-refractivity contribution in [2.45, 2.75) is 12.8 Å². The third kappa shape index (κ3) is 5.38. The molecule has 1 aromatic carbocycles. The first-order chi connectivity index (χ1) is 8.09. The van der Waals surface area contributed by atoms with E-state index in [0.717, 1.165) is 18.4 Å². The lowest BCUT2D eigenvalue weighted by Gasteiger charge is -2.06. The number of carboxylic acid groups (broad SMARTS) is 1. The molecule has 0 aliphatic carbocycles. The fourth-order valence-corrected chi connectivity index (χ4v) is 1.31. The lowest BCUT2D eigenvalue weighted by atomic mass is 10.1. The fourth-order valence-electron chi connectivity index (χ4n) is 1.18. The van der Waals surface area contributed by atoms with Gasteiger partial charge < -0.3 is 5.11 Å². The second-order valence-electron chi connectivity index (χ2n) is 3.46. The van der Waals surface area contributed by atoms with Crippen LogP contribution in [0.1, 0.15) is 12.0 Å².